The number of amides is 1. The number of ether oxygens (including phenoxy) is 1. The van der Waals surface area contributed by atoms with Crippen molar-refractivity contribution in [3.8, 4) is 6.07 Å². The highest BCUT2D eigenvalue weighted by atomic mass is 16.5. The van der Waals surface area contributed by atoms with Crippen LogP contribution in [0, 0.1) is 25.2 Å². The average Bonchev–Trinajstić information content (AvgIpc) is 2.61. The van der Waals surface area contributed by atoms with Crippen LogP contribution in [0.25, 0.3) is 0 Å². The maximum Gasteiger partial charge on any atom is 0.240 e. The predicted octanol–water partition coefficient (Wildman–Crippen LogP) is 2.21. The fourth-order valence-corrected chi connectivity index (χ4v) is 2.93. The molecule has 2 rings (SSSR count). The van der Waals surface area contributed by atoms with E-state index in [1.54, 1.807) is 13.8 Å². The summed E-state index contributed by atoms with van der Waals surface area (Å²) in [5.74, 6) is 0.700. The van der Waals surface area contributed by atoms with Crippen LogP contribution in [0.2, 0.25) is 0 Å². The number of furan rings is 1. The van der Waals surface area contributed by atoms with Crippen molar-refractivity contribution >= 4 is 11.8 Å². The molecule has 1 amide bonds. The van der Waals surface area contributed by atoms with Crippen molar-refractivity contribution in [2.45, 2.75) is 46.3 Å². The van der Waals surface area contributed by atoms with Gasteiger partial charge in [0.2, 0.25) is 11.8 Å². The zero-order valence-electron chi connectivity index (χ0n) is 13.8. The van der Waals surface area contributed by atoms with E-state index in [4.69, 9.17) is 14.4 Å². The van der Waals surface area contributed by atoms with E-state index >= 15 is 0 Å². The van der Waals surface area contributed by atoms with Gasteiger partial charge in [-0.15, -0.1) is 0 Å². The van der Waals surface area contributed by atoms with Crippen molar-refractivity contribution < 1.29 is 13.9 Å². The number of hydrogen-bond acceptors (Lipinski definition) is 5. The molecule has 1 unspecified atom stereocenters. The molecule has 1 N–H and O–H groups in total. The van der Waals surface area contributed by atoms with Crippen LogP contribution in [-0.2, 0) is 9.53 Å². The minimum atomic E-state index is -0.270. The van der Waals surface area contributed by atoms with Gasteiger partial charge < -0.3 is 9.15 Å². The lowest BCUT2D eigenvalue weighted by atomic mass is 10.1. The Morgan fingerprint density at radius 1 is 1.50 bits per heavy atom. The molecule has 0 saturated carbocycles. The first-order valence-corrected chi connectivity index (χ1v) is 7.42. The highest BCUT2D eigenvalue weighted by Crippen LogP contribution is 2.25. The van der Waals surface area contributed by atoms with Gasteiger partial charge in [-0.1, -0.05) is 0 Å². The van der Waals surface area contributed by atoms with Crippen molar-refractivity contribution in [3.63, 3.8) is 0 Å². The van der Waals surface area contributed by atoms with Crippen LogP contribution in [0.3, 0.4) is 0 Å². The third-order valence-electron chi connectivity index (χ3n) is 3.76. The molecule has 0 spiro atoms. The molecule has 1 aliphatic heterocycles. The van der Waals surface area contributed by atoms with Crippen LogP contribution in [0.1, 0.15) is 37.7 Å². The third-order valence-corrected chi connectivity index (χ3v) is 3.76. The molecule has 1 aliphatic rings. The maximum atomic E-state index is 12.2. The molecule has 0 aromatic carbocycles. The number of aryl methyl sites for hydroxylation is 1. The van der Waals surface area contributed by atoms with Crippen LogP contribution >= 0.6 is 0 Å². The Balaban J connectivity index is 2.02. The van der Waals surface area contributed by atoms with Gasteiger partial charge in [0.15, 0.2) is 0 Å². The van der Waals surface area contributed by atoms with Gasteiger partial charge in [-0.25, -0.2) is 0 Å². The van der Waals surface area contributed by atoms with E-state index in [0.717, 1.165) is 5.56 Å². The molecule has 1 aromatic rings. The number of carbonyl (C=O) groups excluding carboxylic acids is 1. The summed E-state index contributed by atoms with van der Waals surface area (Å²) in [6, 6.07) is 2.07. The summed E-state index contributed by atoms with van der Waals surface area (Å²) >= 11 is 0. The molecule has 2 heterocycles. The first-order chi connectivity index (χ1) is 10.2. The summed E-state index contributed by atoms with van der Waals surface area (Å²) in [6.07, 6.45) is 0.0827. The lowest BCUT2D eigenvalue weighted by Gasteiger charge is -2.41. The molecule has 1 aromatic heterocycles. The number of nitrogens with one attached hydrogen (secondary N) is 1. The maximum absolute atomic E-state index is 12.2. The van der Waals surface area contributed by atoms with Crippen molar-refractivity contribution in [1.29, 1.82) is 5.26 Å². The first-order valence-electron chi connectivity index (χ1n) is 7.42. The zero-order valence-corrected chi connectivity index (χ0v) is 13.8. The molecule has 0 radical (unpaired) electrons. The Labute approximate surface area is 131 Å². The van der Waals surface area contributed by atoms with Crippen LogP contribution in [0.5, 0.6) is 0 Å². The van der Waals surface area contributed by atoms with Crippen molar-refractivity contribution in [2.75, 3.05) is 25.0 Å². The Morgan fingerprint density at radius 2 is 2.18 bits per heavy atom. The van der Waals surface area contributed by atoms with Crippen LogP contribution in [0.15, 0.2) is 4.42 Å². The summed E-state index contributed by atoms with van der Waals surface area (Å²) in [5.41, 5.74) is 0.883. The summed E-state index contributed by atoms with van der Waals surface area (Å²) < 4.78 is 11.3. The minimum Gasteiger partial charge on any atom is -0.444 e. The summed E-state index contributed by atoms with van der Waals surface area (Å²) in [4.78, 5) is 14.3. The van der Waals surface area contributed by atoms with Gasteiger partial charge in [0, 0.05) is 18.7 Å². The van der Waals surface area contributed by atoms with E-state index in [2.05, 4.69) is 16.3 Å². The van der Waals surface area contributed by atoms with Gasteiger partial charge in [-0.3, -0.25) is 15.0 Å². The number of anilines is 1. The molecular weight excluding hydrogens is 282 g/mol. The number of hydrogen-bond donors (Lipinski definition) is 1. The van der Waals surface area contributed by atoms with Crippen LogP contribution in [0.4, 0.5) is 5.88 Å². The molecule has 120 valence electrons. The summed E-state index contributed by atoms with van der Waals surface area (Å²) in [6.45, 7) is 11.3. The number of nitriles is 1. The normalized spacial score (nSPS) is 21.4. The predicted molar refractivity (Wildman–Crippen MR) is 82.6 cm³/mol. The molecular formula is C16H23N3O3. The molecule has 0 aliphatic carbocycles. The zero-order chi connectivity index (χ0) is 16.5. The monoisotopic (exact) mass is 305 g/mol. The molecule has 1 atom stereocenters. The fraction of sp³-hybridized carbons (Fsp3) is 0.625. The second-order valence-electron chi connectivity index (χ2n) is 6.51. The van der Waals surface area contributed by atoms with Crippen LogP contribution < -0.4 is 5.32 Å². The molecule has 0 bridgehead atoms. The van der Waals surface area contributed by atoms with Gasteiger partial charge >= 0.3 is 0 Å². The first kappa shape index (κ1) is 16.5. The summed E-state index contributed by atoms with van der Waals surface area (Å²) in [5, 5.41) is 11.9. The Kier molecular flexibility index (Phi) is 4.59. The number of morpholine rings is 1. The van der Waals surface area contributed by atoms with E-state index in [0.29, 0.717) is 24.4 Å². The van der Waals surface area contributed by atoms with E-state index < -0.39 is 0 Å². The van der Waals surface area contributed by atoms with Gasteiger partial charge in [0.05, 0.1) is 18.2 Å². The molecule has 6 nitrogen and oxygen atoms in total. The van der Waals surface area contributed by atoms with E-state index in [1.165, 1.54) is 0 Å². The lowest BCUT2D eigenvalue weighted by Crippen LogP contribution is -2.53. The second kappa shape index (κ2) is 6.11. The molecule has 6 heteroatoms. The van der Waals surface area contributed by atoms with Gasteiger partial charge in [-0.2, -0.15) is 5.26 Å². The number of carbonyl (C=O) groups is 1. The lowest BCUT2D eigenvalue weighted by molar-refractivity contribution is -0.136. The van der Waals surface area contributed by atoms with E-state index in [1.807, 2.05) is 20.8 Å². The Morgan fingerprint density at radius 3 is 2.77 bits per heavy atom. The van der Waals surface area contributed by atoms with E-state index in [-0.39, 0.29) is 30.0 Å². The highest BCUT2D eigenvalue weighted by Gasteiger charge is 2.32. The largest absolute Gasteiger partial charge is 0.444 e. The molecule has 1 saturated heterocycles. The van der Waals surface area contributed by atoms with Crippen molar-refractivity contribution in [3.05, 3.63) is 16.9 Å². The second-order valence-corrected chi connectivity index (χ2v) is 6.51. The third kappa shape index (κ3) is 3.67. The standard InChI is InChI=1S/C16H23N3O3/c1-10-7-19(9-16(4,5)22-10)8-14(20)18-15-13(6-17)11(2)12(3)21-15/h10H,7-9H2,1-5H3,(H,18,20). The quantitative estimate of drug-likeness (QED) is 0.926. The van der Waals surface area contributed by atoms with Gasteiger partial charge in [0.1, 0.15) is 17.4 Å². The topological polar surface area (TPSA) is 78.5 Å². The Bertz CT molecular complexity index is 613. The SMILES string of the molecule is Cc1oc(NC(=O)CN2CC(C)OC(C)(C)C2)c(C#N)c1C. The van der Waals surface area contributed by atoms with Gasteiger partial charge in [0.25, 0.3) is 0 Å². The number of rotatable bonds is 3. The molecule has 22 heavy (non-hydrogen) atoms. The van der Waals surface area contributed by atoms with Crippen molar-refractivity contribution in [2.24, 2.45) is 0 Å². The highest BCUT2D eigenvalue weighted by molar-refractivity contribution is 5.92. The minimum absolute atomic E-state index is 0.0827. The van der Waals surface area contributed by atoms with Crippen molar-refractivity contribution in [1.82, 2.24) is 4.90 Å². The Hall–Kier alpha value is -1.84. The average molecular weight is 305 g/mol. The summed E-state index contributed by atoms with van der Waals surface area (Å²) in [7, 11) is 0. The number of nitrogens with zero attached hydrogens (tertiary/aromatic N) is 2. The van der Waals surface area contributed by atoms with Gasteiger partial charge in [-0.05, 0) is 34.6 Å². The molecule has 1 fully saturated rings. The fourth-order valence-electron chi connectivity index (χ4n) is 2.93. The van der Waals surface area contributed by atoms with E-state index in [9.17, 15) is 4.79 Å². The smallest absolute Gasteiger partial charge is 0.240 e. The van der Waals surface area contributed by atoms with Crippen LogP contribution in [-0.4, -0.2) is 42.1 Å².